The van der Waals surface area contributed by atoms with E-state index in [0.717, 1.165) is 5.57 Å². The molecule has 0 aromatic heterocycles. The van der Waals surface area contributed by atoms with Crippen LogP contribution in [-0.4, -0.2) is 53.4 Å². The van der Waals surface area contributed by atoms with Gasteiger partial charge in [-0.3, -0.25) is 9.69 Å². The lowest BCUT2D eigenvalue weighted by Gasteiger charge is -2.55. The van der Waals surface area contributed by atoms with Gasteiger partial charge in [0.15, 0.2) is 0 Å². The molecule has 2 aliphatic heterocycles. The number of hydrogen-bond acceptors (Lipinski definition) is 6. The Kier molecular flexibility index (Phi) is 4.41. The Morgan fingerprint density at radius 3 is 2.90 bits per heavy atom. The van der Waals surface area contributed by atoms with Crippen LogP contribution in [0.5, 0.6) is 0 Å². The molecule has 0 spiro atoms. The molecule has 0 bridgehead atoms. The van der Waals surface area contributed by atoms with E-state index in [1.807, 2.05) is 13.8 Å². The summed E-state index contributed by atoms with van der Waals surface area (Å²) >= 11 is 1.57. The van der Waals surface area contributed by atoms with Crippen molar-refractivity contribution < 1.29 is 19.1 Å². The van der Waals surface area contributed by atoms with Gasteiger partial charge in [0.1, 0.15) is 18.0 Å². The van der Waals surface area contributed by atoms with E-state index in [1.54, 1.807) is 17.8 Å². The molecule has 0 aromatic carbocycles. The predicted molar refractivity (Wildman–Crippen MR) is 75.8 cm³/mol. The number of amides is 1. The number of carbonyl (C=O) groups excluding carboxylic acids is 2. The zero-order valence-electron chi connectivity index (χ0n) is 11.9. The molecule has 0 aromatic rings. The largest absolute Gasteiger partial charge is 0.458 e. The fraction of sp³-hybridized carbons (Fsp3) is 0.692. The molecule has 2 N–H and O–H groups in total. The molecule has 3 atom stereocenters. The maximum Gasteiger partial charge on any atom is 0.360 e. The molecule has 0 unspecified atom stereocenters. The molecule has 112 valence electrons. The molecule has 0 saturated carbocycles. The zero-order chi connectivity index (χ0) is 14.9. The molecule has 2 fully saturated rings. The van der Waals surface area contributed by atoms with Crippen LogP contribution in [0.3, 0.4) is 0 Å². The number of nitrogens with zero attached hydrogens (tertiary/aromatic N) is 1. The van der Waals surface area contributed by atoms with Crippen molar-refractivity contribution in [2.24, 2.45) is 5.73 Å². The van der Waals surface area contributed by atoms with E-state index in [9.17, 15) is 9.59 Å². The van der Waals surface area contributed by atoms with Crippen LogP contribution in [0.25, 0.3) is 0 Å². The average Bonchev–Trinajstić information content (AvgIpc) is 2.44. The van der Waals surface area contributed by atoms with Gasteiger partial charge in [-0.1, -0.05) is 5.57 Å². The van der Waals surface area contributed by atoms with E-state index in [1.165, 1.54) is 12.0 Å². The minimum absolute atomic E-state index is 0.179. The van der Waals surface area contributed by atoms with Gasteiger partial charge in [-0.05, 0) is 19.9 Å². The summed E-state index contributed by atoms with van der Waals surface area (Å²) in [6.07, 6.45) is 2.22. The maximum atomic E-state index is 12.4. The van der Waals surface area contributed by atoms with Gasteiger partial charge in [0.25, 0.3) is 0 Å². The summed E-state index contributed by atoms with van der Waals surface area (Å²) in [5.41, 5.74) is 5.50. The second kappa shape index (κ2) is 5.75. The highest BCUT2D eigenvalue weighted by Crippen LogP contribution is 2.43. The van der Waals surface area contributed by atoms with Crippen molar-refractivity contribution in [3.8, 4) is 0 Å². The van der Waals surface area contributed by atoms with Crippen LogP contribution < -0.4 is 5.73 Å². The second-order valence-electron chi connectivity index (χ2n) is 5.11. The predicted octanol–water partition coefficient (Wildman–Crippen LogP) is 0.471. The van der Waals surface area contributed by atoms with Gasteiger partial charge in [0.05, 0.1) is 0 Å². The van der Waals surface area contributed by atoms with Crippen molar-refractivity contribution in [2.45, 2.75) is 37.4 Å². The third-order valence-corrected chi connectivity index (χ3v) is 4.85. The summed E-state index contributed by atoms with van der Waals surface area (Å²) in [6.45, 7) is 4.02. The Morgan fingerprint density at radius 2 is 2.30 bits per heavy atom. The number of allylic oxidation sites excluding steroid dienone is 1. The summed E-state index contributed by atoms with van der Waals surface area (Å²) in [4.78, 5) is 25.7. The summed E-state index contributed by atoms with van der Waals surface area (Å²) < 4.78 is 10.6. The molecule has 2 aliphatic rings. The van der Waals surface area contributed by atoms with Crippen molar-refractivity contribution in [2.75, 3.05) is 19.5 Å². The van der Waals surface area contributed by atoms with Crippen molar-refractivity contribution in [1.29, 1.82) is 0 Å². The molecule has 0 radical (unpaired) electrons. The normalized spacial score (nSPS) is 32.2. The van der Waals surface area contributed by atoms with Gasteiger partial charge in [-0.2, -0.15) is 0 Å². The van der Waals surface area contributed by atoms with Crippen LogP contribution in [0.4, 0.5) is 0 Å². The molecule has 2 saturated heterocycles. The third-order valence-electron chi connectivity index (χ3n) is 3.57. The number of rotatable bonds is 4. The Hall–Kier alpha value is -1.05. The van der Waals surface area contributed by atoms with Crippen molar-refractivity contribution >= 4 is 23.6 Å². The molecular formula is C13H20N2O4S. The van der Waals surface area contributed by atoms with Crippen LogP contribution in [0.2, 0.25) is 0 Å². The summed E-state index contributed by atoms with van der Waals surface area (Å²) in [7, 11) is 1.42. The highest BCUT2D eigenvalue weighted by molar-refractivity contribution is 8.00. The number of hydrogen-bond donors (Lipinski definition) is 1. The number of β-lactam (4-membered cyclic amide) rings is 1. The molecule has 7 heteroatoms. The maximum absolute atomic E-state index is 12.4. The number of ether oxygens (including phenoxy) is 2. The minimum Gasteiger partial charge on any atom is -0.458 e. The Balaban J connectivity index is 2.14. The van der Waals surface area contributed by atoms with Crippen LogP contribution in [-0.2, 0) is 19.1 Å². The van der Waals surface area contributed by atoms with E-state index in [0.29, 0.717) is 12.2 Å². The molecule has 2 rings (SSSR count). The van der Waals surface area contributed by atoms with E-state index in [-0.39, 0.29) is 17.9 Å². The second-order valence-corrected chi connectivity index (χ2v) is 6.34. The smallest absolute Gasteiger partial charge is 0.360 e. The Labute approximate surface area is 122 Å². The first-order chi connectivity index (χ1) is 9.44. The lowest BCUT2D eigenvalue weighted by atomic mass is 9.98. The van der Waals surface area contributed by atoms with Crippen LogP contribution >= 0.6 is 11.8 Å². The van der Waals surface area contributed by atoms with Gasteiger partial charge in [-0.15, -0.1) is 11.8 Å². The molecule has 1 amide bonds. The highest BCUT2D eigenvalue weighted by atomic mass is 32.2. The lowest BCUT2D eigenvalue weighted by Crippen LogP contribution is -2.78. The van der Waals surface area contributed by atoms with Gasteiger partial charge in [0, 0.05) is 19.3 Å². The van der Waals surface area contributed by atoms with E-state index in [4.69, 9.17) is 15.2 Å². The number of fused-ring (bicyclic) bond motifs is 1. The van der Waals surface area contributed by atoms with Crippen molar-refractivity contribution in [1.82, 2.24) is 4.90 Å². The number of esters is 1. The summed E-state index contributed by atoms with van der Waals surface area (Å²) in [5, 5.41) is -0.202. The topological polar surface area (TPSA) is 81.9 Å². The number of methoxy groups -OCH3 is 1. The van der Waals surface area contributed by atoms with E-state index in [2.05, 4.69) is 0 Å². The van der Waals surface area contributed by atoms with Crippen LogP contribution in [0.1, 0.15) is 20.3 Å². The number of carbonyl (C=O) groups is 2. The summed E-state index contributed by atoms with van der Waals surface area (Å²) in [5.74, 6) is -0.0838. The Morgan fingerprint density at radius 1 is 1.60 bits per heavy atom. The highest BCUT2D eigenvalue weighted by Gasteiger charge is 2.62. The molecule has 6 nitrogen and oxygen atoms in total. The van der Waals surface area contributed by atoms with Gasteiger partial charge < -0.3 is 15.2 Å². The lowest BCUT2D eigenvalue weighted by molar-refractivity contribution is -0.215. The Bertz CT molecular complexity index is 450. The first kappa shape index (κ1) is 15.3. The molecule has 20 heavy (non-hydrogen) atoms. The fourth-order valence-corrected chi connectivity index (χ4v) is 3.75. The average molecular weight is 300 g/mol. The quantitative estimate of drug-likeness (QED) is 0.462. The van der Waals surface area contributed by atoms with Crippen molar-refractivity contribution in [3.63, 3.8) is 0 Å². The molecular weight excluding hydrogens is 280 g/mol. The SMILES string of the molecule is CO[C@@]1(C(=O)OCC=C(C)C)CCS[C@@H]2[C@H](N)C(=O)N21. The minimum atomic E-state index is -1.32. The van der Waals surface area contributed by atoms with Gasteiger partial charge in [-0.25, -0.2) is 4.79 Å². The number of thioether (sulfide) groups is 1. The molecule has 2 heterocycles. The summed E-state index contributed by atoms with van der Waals surface area (Å²) in [6, 6.07) is -0.555. The fourth-order valence-electron chi connectivity index (χ4n) is 2.37. The van der Waals surface area contributed by atoms with Gasteiger partial charge in [0.2, 0.25) is 11.6 Å². The first-order valence-electron chi connectivity index (χ1n) is 6.50. The van der Waals surface area contributed by atoms with Crippen LogP contribution in [0, 0.1) is 0 Å². The van der Waals surface area contributed by atoms with Crippen LogP contribution in [0.15, 0.2) is 11.6 Å². The van der Waals surface area contributed by atoms with E-state index >= 15 is 0 Å². The van der Waals surface area contributed by atoms with Gasteiger partial charge >= 0.3 is 5.97 Å². The standard InChI is InChI=1S/C13H20N2O4S/c1-8(2)4-6-19-12(17)13(18-3)5-7-20-11-9(14)10(16)15(11)13/h4,9,11H,5-7,14H2,1-3H3/t9-,11-,13-/m1/s1. The number of nitrogens with two attached hydrogens (primary N) is 1. The monoisotopic (exact) mass is 300 g/mol. The van der Waals surface area contributed by atoms with Crippen molar-refractivity contribution in [3.05, 3.63) is 11.6 Å². The zero-order valence-corrected chi connectivity index (χ0v) is 12.7. The third kappa shape index (κ3) is 2.34. The first-order valence-corrected chi connectivity index (χ1v) is 7.55. The molecule has 0 aliphatic carbocycles. The van der Waals surface area contributed by atoms with E-state index < -0.39 is 17.7 Å².